The van der Waals surface area contributed by atoms with Gasteiger partial charge in [-0.3, -0.25) is 0 Å². The Labute approximate surface area is 140 Å². The van der Waals surface area contributed by atoms with Gasteiger partial charge in [0, 0.05) is 17.7 Å². The summed E-state index contributed by atoms with van der Waals surface area (Å²) in [5.41, 5.74) is -1.72. The molecule has 0 saturated carbocycles. The Morgan fingerprint density at radius 1 is 1.33 bits per heavy atom. The van der Waals surface area contributed by atoms with Crippen LogP contribution in [0.1, 0.15) is 39.2 Å². The molecule has 1 aromatic carbocycles. The third-order valence-corrected chi connectivity index (χ3v) is 4.14. The van der Waals surface area contributed by atoms with Crippen LogP contribution in [0.25, 0.3) is 0 Å². The summed E-state index contributed by atoms with van der Waals surface area (Å²) >= 11 is 0. The van der Waals surface area contributed by atoms with Crippen LogP contribution in [0, 0.1) is 11.6 Å². The van der Waals surface area contributed by atoms with Crippen molar-refractivity contribution in [3.8, 4) is 0 Å². The zero-order valence-corrected chi connectivity index (χ0v) is 14.1. The Morgan fingerprint density at radius 2 is 1.96 bits per heavy atom. The number of aliphatic hydroxyl groups is 1. The second-order valence-electron chi connectivity index (χ2n) is 6.65. The molecule has 0 spiro atoms. The molecule has 134 valence electrons. The molecule has 0 aromatic heterocycles. The van der Waals surface area contributed by atoms with Crippen molar-refractivity contribution in [1.82, 2.24) is 10.6 Å². The summed E-state index contributed by atoms with van der Waals surface area (Å²) in [6.07, 6.45) is 1.55. The molecular weight excluding hydrogens is 318 g/mol. The number of carbonyl (C=O) groups is 1. The average molecular weight is 342 g/mol. The lowest BCUT2D eigenvalue weighted by Gasteiger charge is -2.33. The Kier molecular flexibility index (Phi) is 5.77. The molecule has 24 heavy (non-hydrogen) atoms. The van der Waals surface area contributed by atoms with Crippen LogP contribution >= 0.6 is 0 Å². The van der Waals surface area contributed by atoms with Gasteiger partial charge < -0.3 is 20.5 Å². The molecule has 0 aliphatic carbocycles. The van der Waals surface area contributed by atoms with Gasteiger partial charge in [0.25, 0.3) is 0 Å². The molecule has 0 bridgehead atoms. The first-order valence-electron chi connectivity index (χ1n) is 8.05. The summed E-state index contributed by atoms with van der Waals surface area (Å²) in [7, 11) is 0. The first-order valence-corrected chi connectivity index (χ1v) is 8.05. The molecule has 1 saturated heterocycles. The van der Waals surface area contributed by atoms with E-state index in [0.29, 0.717) is 18.9 Å². The first kappa shape index (κ1) is 18.6. The minimum absolute atomic E-state index is 0.0174. The Balaban J connectivity index is 1.90. The highest BCUT2D eigenvalue weighted by atomic mass is 19.1. The number of halogens is 2. The van der Waals surface area contributed by atoms with E-state index in [9.17, 15) is 18.7 Å². The molecule has 3 unspecified atom stereocenters. The molecule has 3 N–H and O–H groups in total. The highest BCUT2D eigenvalue weighted by Crippen LogP contribution is 2.23. The number of ether oxygens (including phenoxy) is 1. The van der Waals surface area contributed by atoms with Crippen LogP contribution in [0.2, 0.25) is 0 Å². The highest BCUT2D eigenvalue weighted by molar-refractivity contribution is 5.74. The van der Waals surface area contributed by atoms with Crippen LogP contribution in [0.5, 0.6) is 0 Å². The second-order valence-corrected chi connectivity index (χ2v) is 6.65. The standard InChI is InChI=1S/C17H24F2N2O3/c1-10-6-13(7-11(2)24-10)21-16(22)20-9-17(3,23)14-5-4-12(18)8-15(14)19/h4-5,8,10-11,13,23H,6-7,9H2,1-3H3,(H2,20,21,22). The van der Waals surface area contributed by atoms with E-state index in [1.54, 1.807) is 0 Å². The van der Waals surface area contributed by atoms with Crippen molar-refractivity contribution in [2.75, 3.05) is 6.54 Å². The van der Waals surface area contributed by atoms with Gasteiger partial charge in [0.1, 0.15) is 17.2 Å². The zero-order valence-electron chi connectivity index (χ0n) is 14.1. The largest absolute Gasteiger partial charge is 0.383 e. The molecule has 1 aliphatic rings. The van der Waals surface area contributed by atoms with Crippen molar-refractivity contribution in [2.24, 2.45) is 0 Å². The molecule has 1 aliphatic heterocycles. The lowest BCUT2D eigenvalue weighted by atomic mass is 9.95. The quantitative estimate of drug-likeness (QED) is 0.787. The minimum atomic E-state index is -1.65. The van der Waals surface area contributed by atoms with Crippen LogP contribution in [0.15, 0.2) is 18.2 Å². The van der Waals surface area contributed by atoms with Crippen LogP contribution in [0.4, 0.5) is 13.6 Å². The molecule has 1 aromatic rings. The number of rotatable bonds is 4. The van der Waals surface area contributed by atoms with Gasteiger partial charge >= 0.3 is 6.03 Å². The fourth-order valence-corrected chi connectivity index (χ4v) is 3.03. The summed E-state index contributed by atoms with van der Waals surface area (Å²) in [5.74, 6) is -1.57. The van der Waals surface area contributed by atoms with Gasteiger partial charge in [-0.2, -0.15) is 0 Å². The fourth-order valence-electron chi connectivity index (χ4n) is 3.03. The van der Waals surface area contributed by atoms with Crippen LogP contribution in [-0.2, 0) is 10.3 Å². The smallest absolute Gasteiger partial charge is 0.315 e. The molecule has 3 atom stereocenters. The van der Waals surface area contributed by atoms with E-state index >= 15 is 0 Å². The third-order valence-electron chi connectivity index (χ3n) is 4.14. The van der Waals surface area contributed by atoms with E-state index in [-0.39, 0.29) is 30.4 Å². The molecule has 1 heterocycles. The Morgan fingerprint density at radius 3 is 2.54 bits per heavy atom. The maximum absolute atomic E-state index is 13.8. The van der Waals surface area contributed by atoms with E-state index in [2.05, 4.69) is 10.6 Å². The average Bonchev–Trinajstić information content (AvgIpc) is 2.43. The molecule has 0 radical (unpaired) electrons. The zero-order chi connectivity index (χ0) is 17.9. The van der Waals surface area contributed by atoms with Crippen molar-refractivity contribution in [2.45, 2.75) is 57.5 Å². The summed E-state index contributed by atoms with van der Waals surface area (Å²) < 4.78 is 32.4. The summed E-state index contributed by atoms with van der Waals surface area (Å²) in [6.45, 7) is 5.06. The van der Waals surface area contributed by atoms with E-state index in [0.717, 1.165) is 6.07 Å². The van der Waals surface area contributed by atoms with Gasteiger partial charge in [-0.1, -0.05) is 6.07 Å². The fraction of sp³-hybridized carbons (Fsp3) is 0.588. The number of hydrogen-bond donors (Lipinski definition) is 3. The van der Waals surface area contributed by atoms with Crippen LogP contribution in [-0.4, -0.2) is 35.9 Å². The van der Waals surface area contributed by atoms with Crippen molar-refractivity contribution >= 4 is 6.03 Å². The van der Waals surface area contributed by atoms with Crippen LogP contribution < -0.4 is 10.6 Å². The number of nitrogens with one attached hydrogen (secondary N) is 2. The highest BCUT2D eigenvalue weighted by Gasteiger charge is 2.29. The monoisotopic (exact) mass is 342 g/mol. The summed E-state index contributed by atoms with van der Waals surface area (Å²) in [6, 6.07) is 2.48. The lowest BCUT2D eigenvalue weighted by molar-refractivity contribution is -0.0403. The SMILES string of the molecule is CC1CC(NC(=O)NCC(C)(O)c2ccc(F)cc2F)CC(C)O1. The van der Waals surface area contributed by atoms with Crippen molar-refractivity contribution in [3.63, 3.8) is 0 Å². The van der Waals surface area contributed by atoms with E-state index in [1.165, 1.54) is 13.0 Å². The summed E-state index contributed by atoms with van der Waals surface area (Å²) in [4.78, 5) is 12.0. The number of amides is 2. The van der Waals surface area contributed by atoms with E-state index in [4.69, 9.17) is 4.74 Å². The predicted molar refractivity (Wildman–Crippen MR) is 85.5 cm³/mol. The van der Waals surface area contributed by atoms with Gasteiger partial charge in [-0.05, 0) is 39.7 Å². The summed E-state index contributed by atoms with van der Waals surface area (Å²) in [5, 5.41) is 15.7. The second kappa shape index (κ2) is 7.44. The maximum Gasteiger partial charge on any atom is 0.315 e. The topological polar surface area (TPSA) is 70.6 Å². The van der Waals surface area contributed by atoms with Crippen molar-refractivity contribution < 1.29 is 23.4 Å². The molecular formula is C17H24F2N2O3. The third kappa shape index (κ3) is 4.88. The van der Waals surface area contributed by atoms with Gasteiger partial charge in [-0.15, -0.1) is 0 Å². The Bertz CT molecular complexity index is 585. The Hall–Kier alpha value is -1.73. The number of hydrogen-bond acceptors (Lipinski definition) is 3. The number of benzene rings is 1. The van der Waals surface area contributed by atoms with Crippen molar-refractivity contribution in [3.05, 3.63) is 35.4 Å². The molecule has 2 rings (SSSR count). The molecule has 5 nitrogen and oxygen atoms in total. The van der Waals surface area contributed by atoms with Gasteiger partial charge in [0.05, 0.1) is 18.8 Å². The van der Waals surface area contributed by atoms with Gasteiger partial charge in [0.2, 0.25) is 0 Å². The number of urea groups is 1. The van der Waals surface area contributed by atoms with Crippen LogP contribution in [0.3, 0.4) is 0 Å². The normalized spacial score (nSPS) is 26.5. The predicted octanol–water partition coefficient (Wildman–Crippen LogP) is 2.43. The van der Waals surface area contributed by atoms with Gasteiger partial charge in [0.15, 0.2) is 0 Å². The van der Waals surface area contributed by atoms with E-state index in [1.807, 2.05) is 13.8 Å². The van der Waals surface area contributed by atoms with E-state index < -0.39 is 23.3 Å². The molecule has 2 amide bonds. The van der Waals surface area contributed by atoms with Gasteiger partial charge in [-0.25, -0.2) is 13.6 Å². The lowest BCUT2D eigenvalue weighted by Crippen LogP contribution is -2.50. The van der Waals surface area contributed by atoms with Crippen molar-refractivity contribution in [1.29, 1.82) is 0 Å². The maximum atomic E-state index is 13.8. The number of carbonyl (C=O) groups excluding carboxylic acids is 1. The first-order chi connectivity index (χ1) is 11.2. The molecule has 7 heteroatoms. The minimum Gasteiger partial charge on any atom is -0.383 e. The molecule has 1 fully saturated rings.